The van der Waals surface area contributed by atoms with Crippen molar-refractivity contribution in [2.24, 2.45) is 11.7 Å². The van der Waals surface area contributed by atoms with E-state index < -0.39 is 0 Å². The Kier molecular flexibility index (Phi) is 4.78. The fraction of sp³-hybridized carbons (Fsp3) is 1.00. The van der Waals surface area contributed by atoms with Gasteiger partial charge in [-0.05, 0) is 63.8 Å². The van der Waals surface area contributed by atoms with Crippen LogP contribution >= 0.6 is 0 Å². The fourth-order valence-electron chi connectivity index (χ4n) is 4.51. The van der Waals surface area contributed by atoms with Gasteiger partial charge >= 0.3 is 0 Å². The standard InChI is InChI=1S/C16H31N3/c17-12-7-9-13(10-8-12)19-16-5-2-1-4-14(16)15-6-3-11-18-15/h12-16,18-19H,1-11,17H2. The van der Waals surface area contributed by atoms with Crippen molar-refractivity contribution >= 4 is 0 Å². The third-order valence-electron chi connectivity index (χ3n) is 5.66. The highest BCUT2D eigenvalue weighted by molar-refractivity contribution is 4.93. The Morgan fingerprint density at radius 3 is 2.37 bits per heavy atom. The molecular formula is C16H31N3. The van der Waals surface area contributed by atoms with Gasteiger partial charge in [-0.3, -0.25) is 0 Å². The summed E-state index contributed by atoms with van der Waals surface area (Å²) in [5, 5.41) is 7.75. The highest BCUT2D eigenvalue weighted by atomic mass is 15.0. The Morgan fingerprint density at radius 1 is 0.842 bits per heavy atom. The normalized spacial score (nSPS) is 44.4. The first-order chi connectivity index (χ1) is 9.33. The third-order valence-corrected chi connectivity index (χ3v) is 5.66. The van der Waals surface area contributed by atoms with Gasteiger partial charge in [0.25, 0.3) is 0 Å². The minimum atomic E-state index is 0.469. The van der Waals surface area contributed by atoms with Crippen LogP contribution < -0.4 is 16.4 Å². The Hall–Kier alpha value is -0.120. The molecule has 0 bridgehead atoms. The molecule has 3 heteroatoms. The maximum atomic E-state index is 6.02. The van der Waals surface area contributed by atoms with Crippen molar-refractivity contribution < 1.29 is 0 Å². The molecule has 3 unspecified atom stereocenters. The second-order valence-corrected chi connectivity index (χ2v) is 7.04. The molecular weight excluding hydrogens is 234 g/mol. The summed E-state index contributed by atoms with van der Waals surface area (Å²) in [4.78, 5) is 0. The smallest absolute Gasteiger partial charge is 0.0113 e. The molecule has 0 aromatic heterocycles. The highest BCUT2D eigenvalue weighted by Crippen LogP contribution is 2.32. The second-order valence-electron chi connectivity index (χ2n) is 7.04. The molecule has 0 aromatic carbocycles. The largest absolute Gasteiger partial charge is 0.328 e. The first kappa shape index (κ1) is 13.8. The van der Waals surface area contributed by atoms with E-state index in [1.54, 1.807) is 0 Å². The van der Waals surface area contributed by atoms with Gasteiger partial charge in [-0.15, -0.1) is 0 Å². The molecule has 0 spiro atoms. The SMILES string of the molecule is NC1CCC(NC2CCCCC2C2CCCN2)CC1. The molecule has 0 amide bonds. The minimum absolute atomic E-state index is 0.469. The molecule has 0 radical (unpaired) electrons. The van der Waals surface area contributed by atoms with Crippen LogP contribution in [0.4, 0.5) is 0 Å². The summed E-state index contributed by atoms with van der Waals surface area (Å²) in [5.41, 5.74) is 6.02. The molecule has 1 saturated heterocycles. The van der Waals surface area contributed by atoms with Crippen LogP contribution in [0.25, 0.3) is 0 Å². The van der Waals surface area contributed by atoms with Crippen LogP contribution in [0.5, 0.6) is 0 Å². The first-order valence-electron chi connectivity index (χ1n) is 8.58. The first-order valence-corrected chi connectivity index (χ1v) is 8.58. The molecule has 3 rings (SSSR count). The van der Waals surface area contributed by atoms with Gasteiger partial charge in [0.1, 0.15) is 0 Å². The van der Waals surface area contributed by atoms with Gasteiger partial charge in [0, 0.05) is 24.2 Å². The lowest BCUT2D eigenvalue weighted by Gasteiger charge is -2.40. The number of nitrogens with one attached hydrogen (secondary N) is 2. The van der Waals surface area contributed by atoms with Gasteiger partial charge in [-0.2, -0.15) is 0 Å². The lowest BCUT2D eigenvalue weighted by atomic mass is 9.78. The molecule has 3 aliphatic rings. The molecule has 110 valence electrons. The van der Waals surface area contributed by atoms with Crippen molar-refractivity contribution in [1.82, 2.24) is 10.6 Å². The van der Waals surface area contributed by atoms with E-state index >= 15 is 0 Å². The highest BCUT2D eigenvalue weighted by Gasteiger charge is 2.34. The van der Waals surface area contributed by atoms with Gasteiger partial charge in [0.15, 0.2) is 0 Å². The summed E-state index contributed by atoms with van der Waals surface area (Å²) in [7, 11) is 0. The topological polar surface area (TPSA) is 50.1 Å². The zero-order chi connectivity index (χ0) is 13.1. The number of hydrogen-bond donors (Lipinski definition) is 3. The van der Waals surface area contributed by atoms with Crippen molar-refractivity contribution in [3.8, 4) is 0 Å². The van der Waals surface area contributed by atoms with E-state index in [0.29, 0.717) is 6.04 Å². The number of nitrogens with two attached hydrogens (primary N) is 1. The summed E-state index contributed by atoms with van der Waals surface area (Å²) >= 11 is 0. The zero-order valence-electron chi connectivity index (χ0n) is 12.2. The maximum Gasteiger partial charge on any atom is 0.0113 e. The predicted octanol–water partition coefficient (Wildman–Crippen LogP) is 2.16. The molecule has 3 nitrogen and oxygen atoms in total. The Morgan fingerprint density at radius 2 is 1.63 bits per heavy atom. The minimum Gasteiger partial charge on any atom is -0.328 e. The van der Waals surface area contributed by atoms with E-state index in [0.717, 1.165) is 24.0 Å². The Bertz CT molecular complexity index is 267. The van der Waals surface area contributed by atoms with Crippen LogP contribution in [0, 0.1) is 5.92 Å². The Balaban J connectivity index is 1.54. The van der Waals surface area contributed by atoms with E-state index in [1.165, 1.54) is 70.8 Å². The Labute approximate surface area is 118 Å². The van der Waals surface area contributed by atoms with Gasteiger partial charge in [-0.25, -0.2) is 0 Å². The predicted molar refractivity (Wildman–Crippen MR) is 80.1 cm³/mol. The summed E-state index contributed by atoms with van der Waals surface area (Å²) in [6.45, 7) is 1.24. The van der Waals surface area contributed by atoms with Crippen LogP contribution in [0.15, 0.2) is 0 Å². The maximum absolute atomic E-state index is 6.02. The van der Waals surface area contributed by atoms with Crippen LogP contribution in [-0.4, -0.2) is 30.7 Å². The van der Waals surface area contributed by atoms with Crippen LogP contribution in [0.3, 0.4) is 0 Å². The van der Waals surface area contributed by atoms with Crippen LogP contribution in [-0.2, 0) is 0 Å². The fourth-order valence-corrected chi connectivity index (χ4v) is 4.51. The molecule has 0 aromatic rings. The van der Waals surface area contributed by atoms with E-state index in [-0.39, 0.29) is 0 Å². The van der Waals surface area contributed by atoms with Gasteiger partial charge in [0.2, 0.25) is 0 Å². The average molecular weight is 265 g/mol. The zero-order valence-corrected chi connectivity index (χ0v) is 12.2. The third kappa shape index (κ3) is 3.50. The van der Waals surface area contributed by atoms with E-state index in [1.807, 2.05) is 0 Å². The van der Waals surface area contributed by atoms with Crippen molar-refractivity contribution in [3.63, 3.8) is 0 Å². The molecule has 2 aliphatic carbocycles. The van der Waals surface area contributed by atoms with Gasteiger partial charge in [0.05, 0.1) is 0 Å². The molecule has 19 heavy (non-hydrogen) atoms. The molecule has 1 aliphatic heterocycles. The van der Waals surface area contributed by atoms with Crippen LogP contribution in [0.2, 0.25) is 0 Å². The lowest BCUT2D eigenvalue weighted by Crippen LogP contribution is -2.51. The summed E-state index contributed by atoms with van der Waals surface area (Å²) in [5.74, 6) is 0.881. The monoisotopic (exact) mass is 265 g/mol. The van der Waals surface area contributed by atoms with E-state index in [2.05, 4.69) is 10.6 Å². The van der Waals surface area contributed by atoms with Crippen molar-refractivity contribution in [3.05, 3.63) is 0 Å². The molecule has 1 heterocycles. The van der Waals surface area contributed by atoms with E-state index in [9.17, 15) is 0 Å². The lowest BCUT2D eigenvalue weighted by molar-refractivity contribution is 0.185. The molecule has 4 N–H and O–H groups in total. The number of hydrogen-bond acceptors (Lipinski definition) is 3. The quantitative estimate of drug-likeness (QED) is 0.733. The number of rotatable bonds is 3. The summed E-state index contributed by atoms with van der Waals surface area (Å²) < 4.78 is 0. The van der Waals surface area contributed by atoms with Crippen molar-refractivity contribution in [1.29, 1.82) is 0 Å². The van der Waals surface area contributed by atoms with E-state index in [4.69, 9.17) is 5.73 Å². The van der Waals surface area contributed by atoms with Gasteiger partial charge < -0.3 is 16.4 Å². The molecule has 3 fully saturated rings. The summed E-state index contributed by atoms with van der Waals surface area (Å²) in [6, 6.07) is 2.77. The van der Waals surface area contributed by atoms with Crippen molar-refractivity contribution in [2.75, 3.05) is 6.54 Å². The van der Waals surface area contributed by atoms with Crippen LogP contribution in [0.1, 0.15) is 64.2 Å². The van der Waals surface area contributed by atoms with Crippen molar-refractivity contribution in [2.45, 2.75) is 88.4 Å². The molecule has 3 atom stereocenters. The van der Waals surface area contributed by atoms with Gasteiger partial charge in [-0.1, -0.05) is 12.8 Å². The second kappa shape index (κ2) is 6.55. The average Bonchev–Trinajstić information content (AvgIpc) is 2.96. The molecule has 2 saturated carbocycles. The summed E-state index contributed by atoms with van der Waals surface area (Å²) in [6.07, 6.45) is 13.5.